The molecule has 0 bridgehead atoms. The molecule has 2 rings (SSSR count). The number of hydrogen-bond donors (Lipinski definition) is 1. The molecular weight excluding hydrogens is 248 g/mol. The number of aliphatic imine (C=N–C) groups is 1. The second kappa shape index (κ2) is 6.14. The van der Waals surface area contributed by atoms with Gasteiger partial charge in [0.15, 0.2) is 5.96 Å². The van der Waals surface area contributed by atoms with Crippen LogP contribution in [0.1, 0.15) is 5.56 Å². The third kappa shape index (κ3) is 3.65. The fraction of sp³-hybridized carbons (Fsp3) is 0.417. The van der Waals surface area contributed by atoms with Crippen LogP contribution in [-0.4, -0.2) is 42.1 Å². The summed E-state index contributed by atoms with van der Waals surface area (Å²) in [5.74, 6) is 0.488. The molecule has 1 heterocycles. The number of hydrogen-bond acceptors (Lipinski definition) is 4. The molecule has 0 radical (unpaired) electrons. The highest BCUT2D eigenvalue weighted by atomic mass is 16.6. The van der Waals surface area contributed by atoms with Crippen LogP contribution in [0, 0.1) is 10.1 Å². The average Bonchev–Trinajstić information content (AvgIpc) is 2.46. The Balaban J connectivity index is 1.94. The van der Waals surface area contributed by atoms with Crippen molar-refractivity contribution in [3.05, 3.63) is 39.9 Å². The number of ether oxygens (including phenoxy) is 1. The van der Waals surface area contributed by atoms with Crippen LogP contribution < -0.4 is 5.73 Å². The van der Waals surface area contributed by atoms with E-state index in [0.717, 1.165) is 18.7 Å². The highest BCUT2D eigenvalue weighted by Crippen LogP contribution is 2.12. The molecule has 1 fully saturated rings. The Hall–Kier alpha value is -2.15. The number of nitro groups is 1. The lowest BCUT2D eigenvalue weighted by atomic mass is 10.2. The fourth-order valence-electron chi connectivity index (χ4n) is 1.79. The van der Waals surface area contributed by atoms with E-state index in [1.165, 1.54) is 12.1 Å². The molecule has 1 aliphatic rings. The molecule has 2 N–H and O–H groups in total. The lowest BCUT2D eigenvalue weighted by Gasteiger charge is -2.27. The van der Waals surface area contributed by atoms with E-state index in [4.69, 9.17) is 10.5 Å². The summed E-state index contributed by atoms with van der Waals surface area (Å²) in [4.78, 5) is 16.4. The van der Waals surface area contributed by atoms with Crippen molar-refractivity contribution in [1.82, 2.24) is 4.90 Å². The minimum atomic E-state index is -0.421. The van der Waals surface area contributed by atoms with Crippen molar-refractivity contribution in [3.8, 4) is 0 Å². The van der Waals surface area contributed by atoms with Crippen molar-refractivity contribution < 1.29 is 9.66 Å². The predicted molar refractivity (Wildman–Crippen MR) is 70.8 cm³/mol. The number of rotatable bonds is 3. The van der Waals surface area contributed by atoms with E-state index in [1.54, 1.807) is 12.1 Å². The molecule has 102 valence electrons. The molecule has 0 amide bonds. The third-order valence-corrected chi connectivity index (χ3v) is 2.91. The maximum Gasteiger partial charge on any atom is 0.269 e. The zero-order valence-corrected chi connectivity index (χ0v) is 10.5. The quantitative estimate of drug-likeness (QED) is 0.376. The predicted octanol–water partition coefficient (Wildman–Crippen LogP) is 0.742. The van der Waals surface area contributed by atoms with Crippen LogP contribution in [0.3, 0.4) is 0 Å². The Labute approximate surface area is 110 Å². The number of nitrogens with zero attached hydrogens (tertiary/aromatic N) is 3. The molecule has 7 heteroatoms. The molecule has 0 unspecified atom stereocenters. The number of morpholine rings is 1. The van der Waals surface area contributed by atoms with Crippen molar-refractivity contribution in [2.75, 3.05) is 26.3 Å². The van der Waals surface area contributed by atoms with Crippen molar-refractivity contribution in [2.45, 2.75) is 6.54 Å². The second-order valence-corrected chi connectivity index (χ2v) is 4.20. The summed E-state index contributed by atoms with van der Waals surface area (Å²) in [6, 6.07) is 6.31. The zero-order chi connectivity index (χ0) is 13.7. The van der Waals surface area contributed by atoms with Crippen molar-refractivity contribution in [1.29, 1.82) is 0 Å². The summed E-state index contributed by atoms with van der Waals surface area (Å²) in [7, 11) is 0. The van der Waals surface area contributed by atoms with Crippen LogP contribution in [0.25, 0.3) is 0 Å². The second-order valence-electron chi connectivity index (χ2n) is 4.20. The molecule has 0 saturated carbocycles. The van der Waals surface area contributed by atoms with Gasteiger partial charge in [0.1, 0.15) is 0 Å². The molecule has 0 spiro atoms. The molecule has 1 aromatic rings. The first-order valence-corrected chi connectivity index (χ1v) is 6.03. The minimum Gasteiger partial charge on any atom is -0.378 e. The van der Waals surface area contributed by atoms with Gasteiger partial charge in [0.05, 0.1) is 24.7 Å². The average molecular weight is 264 g/mol. The van der Waals surface area contributed by atoms with Crippen molar-refractivity contribution in [3.63, 3.8) is 0 Å². The molecular formula is C12H16N4O3. The zero-order valence-electron chi connectivity index (χ0n) is 10.5. The highest BCUT2D eigenvalue weighted by Gasteiger charge is 2.12. The maximum absolute atomic E-state index is 10.5. The topological polar surface area (TPSA) is 94.0 Å². The number of benzene rings is 1. The standard InChI is InChI=1S/C12H16N4O3/c13-12(15-5-7-19-8-6-15)14-9-10-1-3-11(4-2-10)16(17)18/h1-4H,5-9H2,(H2,13,14). The molecule has 1 saturated heterocycles. The first kappa shape index (κ1) is 13.3. The van der Waals surface area contributed by atoms with Gasteiger partial charge in [-0.15, -0.1) is 0 Å². The Morgan fingerprint density at radius 3 is 2.58 bits per heavy atom. The molecule has 1 aromatic carbocycles. The lowest BCUT2D eigenvalue weighted by molar-refractivity contribution is -0.384. The van der Waals surface area contributed by atoms with E-state index in [1.807, 2.05) is 4.90 Å². The van der Waals surface area contributed by atoms with Gasteiger partial charge in [0.2, 0.25) is 0 Å². The first-order chi connectivity index (χ1) is 9.16. The molecule has 7 nitrogen and oxygen atoms in total. The fourth-order valence-corrected chi connectivity index (χ4v) is 1.79. The van der Waals surface area contributed by atoms with Gasteiger partial charge in [-0.3, -0.25) is 10.1 Å². The number of guanidine groups is 1. The van der Waals surface area contributed by atoms with Crippen LogP contribution in [0.15, 0.2) is 29.3 Å². The van der Waals surface area contributed by atoms with E-state index in [9.17, 15) is 10.1 Å². The monoisotopic (exact) mass is 264 g/mol. The summed E-state index contributed by atoms with van der Waals surface area (Å²) >= 11 is 0. The Kier molecular flexibility index (Phi) is 4.30. The maximum atomic E-state index is 10.5. The molecule has 1 aliphatic heterocycles. The number of nitrogens with two attached hydrogens (primary N) is 1. The largest absolute Gasteiger partial charge is 0.378 e. The molecule has 0 aliphatic carbocycles. The lowest BCUT2D eigenvalue weighted by Crippen LogP contribution is -2.44. The molecule has 0 atom stereocenters. The van der Waals surface area contributed by atoms with Gasteiger partial charge in [-0.25, -0.2) is 4.99 Å². The number of non-ortho nitro benzene ring substituents is 1. The van der Waals surface area contributed by atoms with Crippen molar-refractivity contribution >= 4 is 11.6 Å². The minimum absolute atomic E-state index is 0.0777. The van der Waals surface area contributed by atoms with Gasteiger partial charge < -0.3 is 15.4 Å². The van der Waals surface area contributed by atoms with E-state index in [-0.39, 0.29) is 5.69 Å². The SMILES string of the molecule is NC(=NCc1ccc([N+](=O)[O-])cc1)N1CCOCC1. The summed E-state index contributed by atoms with van der Waals surface area (Å²) < 4.78 is 5.23. The van der Waals surface area contributed by atoms with Gasteiger partial charge in [-0.05, 0) is 5.56 Å². The van der Waals surface area contributed by atoms with E-state index in [2.05, 4.69) is 4.99 Å². The van der Waals surface area contributed by atoms with Crippen LogP contribution in [-0.2, 0) is 11.3 Å². The van der Waals surface area contributed by atoms with Crippen LogP contribution in [0.2, 0.25) is 0 Å². The van der Waals surface area contributed by atoms with E-state index < -0.39 is 4.92 Å². The Morgan fingerprint density at radius 2 is 2.00 bits per heavy atom. The van der Waals surface area contributed by atoms with E-state index in [0.29, 0.717) is 25.7 Å². The summed E-state index contributed by atoms with van der Waals surface area (Å²) in [5, 5.41) is 10.5. The Morgan fingerprint density at radius 1 is 1.37 bits per heavy atom. The summed E-state index contributed by atoms with van der Waals surface area (Å²) in [6.07, 6.45) is 0. The van der Waals surface area contributed by atoms with E-state index >= 15 is 0 Å². The van der Waals surface area contributed by atoms with Gasteiger partial charge in [-0.2, -0.15) is 0 Å². The van der Waals surface area contributed by atoms with Crippen LogP contribution in [0.5, 0.6) is 0 Å². The Bertz CT molecular complexity index is 466. The smallest absolute Gasteiger partial charge is 0.269 e. The van der Waals surface area contributed by atoms with Crippen LogP contribution in [0.4, 0.5) is 5.69 Å². The van der Waals surface area contributed by atoms with Gasteiger partial charge in [0.25, 0.3) is 5.69 Å². The highest BCUT2D eigenvalue weighted by molar-refractivity contribution is 5.78. The van der Waals surface area contributed by atoms with Gasteiger partial charge >= 0.3 is 0 Å². The first-order valence-electron chi connectivity index (χ1n) is 6.03. The van der Waals surface area contributed by atoms with Crippen LogP contribution >= 0.6 is 0 Å². The van der Waals surface area contributed by atoms with Crippen molar-refractivity contribution in [2.24, 2.45) is 10.7 Å². The summed E-state index contributed by atoms with van der Waals surface area (Å²) in [5.41, 5.74) is 6.85. The third-order valence-electron chi connectivity index (χ3n) is 2.91. The summed E-state index contributed by atoms with van der Waals surface area (Å²) in [6.45, 7) is 3.23. The normalized spacial score (nSPS) is 16.4. The number of nitro benzene ring substituents is 1. The van der Waals surface area contributed by atoms with Gasteiger partial charge in [-0.1, -0.05) is 12.1 Å². The molecule has 0 aromatic heterocycles. The molecule has 19 heavy (non-hydrogen) atoms. The van der Waals surface area contributed by atoms with Gasteiger partial charge in [0, 0.05) is 25.2 Å².